The van der Waals surface area contributed by atoms with Crippen LogP contribution in [0.1, 0.15) is 10.5 Å². The molecule has 0 saturated heterocycles. The third-order valence-corrected chi connectivity index (χ3v) is 2.78. The van der Waals surface area contributed by atoms with Crippen molar-refractivity contribution in [1.29, 1.82) is 0 Å². The first-order valence-corrected chi connectivity index (χ1v) is 5.61. The van der Waals surface area contributed by atoms with Crippen LogP contribution in [0.2, 0.25) is 0 Å². The first-order chi connectivity index (χ1) is 9.16. The van der Waals surface area contributed by atoms with Crippen molar-refractivity contribution in [3.05, 3.63) is 48.2 Å². The van der Waals surface area contributed by atoms with E-state index in [0.717, 1.165) is 0 Å². The highest BCUT2D eigenvalue weighted by Crippen LogP contribution is 2.23. The summed E-state index contributed by atoms with van der Waals surface area (Å²) in [6.45, 7) is 0. The number of nitrogen functional groups attached to an aromatic ring is 1. The van der Waals surface area contributed by atoms with Gasteiger partial charge in [-0.25, -0.2) is 14.3 Å². The first-order valence-electron chi connectivity index (χ1n) is 5.61. The van der Waals surface area contributed by atoms with Crippen LogP contribution in [-0.4, -0.2) is 25.7 Å². The fourth-order valence-electron chi connectivity index (χ4n) is 1.88. The van der Waals surface area contributed by atoms with E-state index in [1.54, 1.807) is 24.3 Å². The average Bonchev–Trinajstić information content (AvgIpc) is 2.82. The Morgan fingerprint density at radius 2 is 1.95 bits per heavy atom. The summed E-state index contributed by atoms with van der Waals surface area (Å²) in [4.78, 5) is 15.4. The number of aromatic carboxylic acids is 1. The predicted octanol–water partition coefficient (Wildman–Crippen LogP) is 1.68. The number of hydrogen-bond acceptors (Lipinski definition) is 4. The molecule has 19 heavy (non-hydrogen) atoms. The number of nitrogens with zero attached hydrogens (tertiary/aromatic N) is 3. The van der Waals surface area contributed by atoms with Crippen molar-refractivity contribution in [2.75, 3.05) is 5.73 Å². The molecule has 6 nitrogen and oxygen atoms in total. The van der Waals surface area contributed by atoms with Gasteiger partial charge in [0.05, 0.1) is 0 Å². The molecular formula is C13H10N4O2. The van der Waals surface area contributed by atoms with Gasteiger partial charge in [0, 0.05) is 11.3 Å². The number of nitrogens with two attached hydrogens (primary N) is 1. The Morgan fingerprint density at radius 3 is 2.68 bits per heavy atom. The maximum atomic E-state index is 11.1. The van der Waals surface area contributed by atoms with Gasteiger partial charge in [-0.1, -0.05) is 18.2 Å². The third-order valence-electron chi connectivity index (χ3n) is 2.78. The third kappa shape index (κ3) is 1.79. The van der Waals surface area contributed by atoms with E-state index in [4.69, 9.17) is 10.8 Å². The summed E-state index contributed by atoms with van der Waals surface area (Å²) in [5.41, 5.74) is 7.63. The van der Waals surface area contributed by atoms with Crippen LogP contribution in [-0.2, 0) is 0 Å². The predicted molar refractivity (Wildman–Crippen MR) is 69.8 cm³/mol. The van der Waals surface area contributed by atoms with Crippen molar-refractivity contribution in [3.63, 3.8) is 0 Å². The van der Waals surface area contributed by atoms with Gasteiger partial charge in [0.1, 0.15) is 0 Å². The molecule has 2 aromatic heterocycles. The lowest BCUT2D eigenvalue weighted by molar-refractivity contribution is 0.0687. The summed E-state index contributed by atoms with van der Waals surface area (Å²) in [6.07, 6.45) is 0. The minimum absolute atomic E-state index is 0.0609. The molecule has 0 atom stereocenters. The number of para-hydroxylation sites is 1. The van der Waals surface area contributed by atoms with Crippen LogP contribution in [0.5, 0.6) is 0 Å². The van der Waals surface area contributed by atoms with Crippen LogP contribution < -0.4 is 5.73 Å². The fourth-order valence-corrected chi connectivity index (χ4v) is 1.88. The highest BCUT2D eigenvalue weighted by Gasteiger charge is 2.13. The molecule has 0 bridgehead atoms. The van der Waals surface area contributed by atoms with Gasteiger partial charge in [0.25, 0.3) is 0 Å². The Balaban J connectivity index is 2.26. The van der Waals surface area contributed by atoms with E-state index in [0.29, 0.717) is 22.7 Å². The molecule has 0 spiro atoms. The smallest absolute Gasteiger partial charge is 0.354 e. The lowest BCUT2D eigenvalue weighted by atomic mass is 10.2. The zero-order valence-corrected chi connectivity index (χ0v) is 9.82. The van der Waals surface area contributed by atoms with Crippen molar-refractivity contribution in [3.8, 4) is 11.4 Å². The van der Waals surface area contributed by atoms with Gasteiger partial charge >= 0.3 is 5.97 Å². The van der Waals surface area contributed by atoms with Crippen LogP contribution in [0, 0.1) is 0 Å². The molecule has 0 unspecified atom stereocenters. The normalized spacial score (nSPS) is 10.7. The molecule has 3 rings (SSSR count). The van der Waals surface area contributed by atoms with Crippen LogP contribution in [0.3, 0.4) is 0 Å². The lowest BCUT2D eigenvalue weighted by Crippen LogP contribution is -2.05. The van der Waals surface area contributed by atoms with Gasteiger partial charge in [-0.3, -0.25) is 0 Å². The minimum atomic E-state index is -1.05. The van der Waals surface area contributed by atoms with Crippen molar-refractivity contribution in [1.82, 2.24) is 14.6 Å². The monoisotopic (exact) mass is 254 g/mol. The number of benzene rings is 1. The maximum absolute atomic E-state index is 11.1. The number of hydrogen-bond donors (Lipinski definition) is 2. The number of anilines is 1. The van der Waals surface area contributed by atoms with Crippen molar-refractivity contribution < 1.29 is 9.90 Å². The quantitative estimate of drug-likeness (QED) is 0.678. The van der Waals surface area contributed by atoms with Crippen LogP contribution >= 0.6 is 0 Å². The molecule has 94 valence electrons. The minimum Gasteiger partial charge on any atom is -0.477 e. The molecule has 2 heterocycles. The topological polar surface area (TPSA) is 93.5 Å². The van der Waals surface area contributed by atoms with Gasteiger partial charge in [-0.05, 0) is 24.3 Å². The Labute approximate surface area is 108 Å². The number of carbonyl (C=O) groups is 1. The maximum Gasteiger partial charge on any atom is 0.354 e. The highest BCUT2D eigenvalue weighted by atomic mass is 16.4. The molecule has 0 aliphatic rings. The molecule has 0 amide bonds. The standard InChI is InChI=1S/C13H10N4O2/c14-9-5-2-1-4-8(9)12-15-11-7-3-6-10(13(18)19)17(11)16-12/h1-7H,14H2,(H,18,19). The highest BCUT2D eigenvalue weighted by molar-refractivity contribution is 5.86. The zero-order chi connectivity index (χ0) is 13.4. The van der Waals surface area contributed by atoms with E-state index in [1.807, 2.05) is 12.1 Å². The second-order valence-electron chi connectivity index (χ2n) is 4.01. The molecular weight excluding hydrogens is 244 g/mol. The Bertz CT molecular complexity index is 779. The van der Waals surface area contributed by atoms with Gasteiger partial charge in [0.2, 0.25) is 0 Å². The number of rotatable bonds is 2. The van der Waals surface area contributed by atoms with Crippen LogP contribution in [0.15, 0.2) is 42.5 Å². The van der Waals surface area contributed by atoms with E-state index >= 15 is 0 Å². The molecule has 1 aromatic carbocycles. The molecule has 0 fully saturated rings. The largest absolute Gasteiger partial charge is 0.477 e. The molecule has 0 aliphatic heterocycles. The molecule has 0 saturated carbocycles. The number of pyridine rings is 1. The van der Waals surface area contributed by atoms with E-state index in [2.05, 4.69) is 10.1 Å². The Morgan fingerprint density at radius 1 is 1.16 bits per heavy atom. The SMILES string of the molecule is Nc1ccccc1-c1nc2cccc(C(=O)O)n2n1. The summed E-state index contributed by atoms with van der Waals surface area (Å²) in [5, 5.41) is 13.3. The van der Waals surface area contributed by atoms with E-state index in [9.17, 15) is 4.79 Å². The average molecular weight is 254 g/mol. The number of carboxylic acid groups (broad SMARTS) is 1. The fraction of sp³-hybridized carbons (Fsp3) is 0. The van der Waals surface area contributed by atoms with Gasteiger partial charge in [-0.2, -0.15) is 0 Å². The van der Waals surface area contributed by atoms with Crippen LogP contribution in [0.4, 0.5) is 5.69 Å². The summed E-state index contributed by atoms with van der Waals surface area (Å²) < 4.78 is 1.30. The van der Waals surface area contributed by atoms with E-state index in [1.165, 1.54) is 10.6 Å². The Kier molecular flexibility index (Phi) is 2.42. The van der Waals surface area contributed by atoms with Crippen LogP contribution in [0.25, 0.3) is 17.0 Å². The first kappa shape index (κ1) is 11.2. The van der Waals surface area contributed by atoms with E-state index in [-0.39, 0.29) is 5.69 Å². The molecule has 0 aliphatic carbocycles. The van der Waals surface area contributed by atoms with Gasteiger partial charge in [-0.15, -0.1) is 5.10 Å². The van der Waals surface area contributed by atoms with Crippen molar-refractivity contribution in [2.45, 2.75) is 0 Å². The van der Waals surface area contributed by atoms with Crippen molar-refractivity contribution in [2.24, 2.45) is 0 Å². The summed E-state index contributed by atoms with van der Waals surface area (Å²) in [6, 6.07) is 12.0. The second-order valence-corrected chi connectivity index (χ2v) is 4.01. The molecule has 3 N–H and O–H groups in total. The van der Waals surface area contributed by atoms with Gasteiger partial charge < -0.3 is 10.8 Å². The number of aromatic nitrogens is 3. The lowest BCUT2D eigenvalue weighted by Gasteiger charge is -1.99. The van der Waals surface area contributed by atoms with Gasteiger partial charge in [0.15, 0.2) is 17.2 Å². The van der Waals surface area contributed by atoms with E-state index < -0.39 is 5.97 Å². The number of carboxylic acids is 1. The molecule has 6 heteroatoms. The molecule has 0 radical (unpaired) electrons. The number of fused-ring (bicyclic) bond motifs is 1. The zero-order valence-electron chi connectivity index (χ0n) is 9.82. The summed E-state index contributed by atoms with van der Waals surface area (Å²) in [5.74, 6) is -0.644. The van der Waals surface area contributed by atoms with Crippen molar-refractivity contribution >= 4 is 17.3 Å². The Hall–Kier alpha value is -2.89. The summed E-state index contributed by atoms with van der Waals surface area (Å²) >= 11 is 0. The second kappa shape index (κ2) is 4.09. The molecule has 3 aromatic rings. The summed E-state index contributed by atoms with van der Waals surface area (Å²) in [7, 11) is 0.